The lowest BCUT2D eigenvalue weighted by Crippen LogP contribution is -2.39. The Hall–Kier alpha value is -3.71. The minimum absolute atomic E-state index is 0.00478. The van der Waals surface area contributed by atoms with Crippen molar-refractivity contribution >= 4 is 17.5 Å². The molecule has 11 heteroatoms. The second-order valence-electron chi connectivity index (χ2n) is 8.47. The highest BCUT2D eigenvalue weighted by Crippen LogP contribution is 2.59. The molecule has 174 valence electrons. The number of carbonyl (C=O) groups is 1. The van der Waals surface area contributed by atoms with Gasteiger partial charge in [-0.05, 0) is 49.4 Å². The van der Waals surface area contributed by atoms with Crippen LogP contribution in [0, 0.1) is 23.1 Å². The fraction of sp³-hybridized carbons (Fsp3) is 0.348. The molecule has 3 aliphatic carbocycles. The molecule has 2 aromatic heterocycles. The molecule has 34 heavy (non-hydrogen) atoms. The number of benzene rings is 1. The van der Waals surface area contributed by atoms with E-state index in [1.165, 1.54) is 18.3 Å². The van der Waals surface area contributed by atoms with Gasteiger partial charge in [-0.25, -0.2) is 9.37 Å². The van der Waals surface area contributed by atoms with Crippen molar-refractivity contribution in [2.24, 2.45) is 5.92 Å². The molecule has 3 fully saturated rings. The zero-order valence-corrected chi connectivity index (χ0v) is 18.6. The standard InChI is InChI=1S/C23H19ClFN5O4/c24-17-4-3-15(5-18(17)25)32-11-20(31)28-19-8-23(6-13(19)7-23)22-30-29-21(34-22)12-33-16-2-1-14(9-26)27-10-16/h1-5,10,13,19H,6-8,11-12H2,(H,28,31). The number of amides is 1. The smallest absolute Gasteiger partial charge is 0.258 e. The van der Waals surface area contributed by atoms with E-state index in [9.17, 15) is 9.18 Å². The molecule has 0 spiro atoms. The lowest BCUT2D eigenvalue weighted by atomic mass is 9.69. The molecule has 2 bridgehead atoms. The molecule has 1 atom stereocenters. The summed E-state index contributed by atoms with van der Waals surface area (Å²) in [6, 6.07) is 9.17. The van der Waals surface area contributed by atoms with Gasteiger partial charge < -0.3 is 19.2 Å². The quantitative estimate of drug-likeness (QED) is 0.517. The number of nitriles is 1. The lowest BCUT2D eigenvalue weighted by molar-refractivity contribution is -0.124. The zero-order valence-electron chi connectivity index (χ0n) is 17.8. The van der Waals surface area contributed by atoms with Gasteiger partial charge in [0, 0.05) is 12.1 Å². The van der Waals surface area contributed by atoms with Gasteiger partial charge in [0.25, 0.3) is 11.8 Å². The summed E-state index contributed by atoms with van der Waals surface area (Å²) in [7, 11) is 0. The van der Waals surface area contributed by atoms with Crippen LogP contribution < -0.4 is 14.8 Å². The Balaban J connectivity index is 1.12. The maximum absolute atomic E-state index is 13.5. The van der Waals surface area contributed by atoms with Gasteiger partial charge in [0.05, 0.1) is 16.6 Å². The van der Waals surface area contributed by atoms with Gasteiger partial charge in [-0.15, -0.1) is 10.2 Å². The summed E-state index contributed by atoms with van der Waals surface area (Å²) in [6.45, 7) is -0.133. The first-order valence-corrected chi connectivity index (χ1v) is 11.0. The van der Waals surface area contributed by atoms with Gasteiger partial charge in [0.2, 0.25) is 5.89 Å². The van der Waals surface area contributed by atoms with Crippen LogP contribution in [0.15, 0.2) is 40.9 Å². The molecular weight excluding hydrogens is 465 g/mol. The highest BCUT2D eigenvalue weighted by Gasteiger charge is 2.60. The van der Waals surface area contributed by atoms with E-state index in [1.54, 1.807) is 12.1 Å². The monoisotopic (exact) mass is 483 g/mol. The van der Waals surface area contributed by atoms with Crippen molar-refractivity contribution in [2.75, 3.05) is 6.61 Å². The lowest BCUT2D eigenvalue weighted by Gasteiger charge is -2.34. The number of nitrogens with zero attached hydrogens (tertiary/aromatic N) is 4. The van der Waals surface area contributed by atoms with Crippen LogP contribution in [-0.4, -0.2) is 33.7 Å². The molecule has 6 rings (SSSR count). The molecular formula is C23H19ClFN5O4. The Bertz CT molecular complexity index is 1250. The molecule has 3 aromatic rings. The fourth-order valence-electron chi connectivity index (χ4n) is 4.58. The van der Waals surface area contributed by atoms with Crippen molar-refractivity contribution in [3.8, 4) is 17.6 Å². The van der Waals surface area contributed by atoms with Gasteiger partial charge >= 0.3 is 0 Å². The van der Waals surface area contributed by atoms with E-state index in [0.717, 1.165) is 18.9 Å². The molecule has 1 aromatic carbocycles. The van der Waals surface area contributed by atoms with Crippen LogP contribution in [0.1, 0.15) is 36.7 Å². The summed E-state index contributed by atoms with van der Waals surface area (Å²) in [5.41, 5.74) is 0.0590. The summed E-state index contributed by atoms with van der Waals surface area (Å²) in [4.78, 5) is 16.3. The second kappa shape index (κ2) is 8.91. The predicted octanol–water partition coefficient (Wildman–Crippen LogP) is 3.32. The Kier molecular flexibility index (Phi) is 5.79. The van der Waals surface area contributed by atoms with Crippen LogP contribution in [0.3, 0.4) is 0 Å². The first-order valence-electron chi connectivity index (χ1n) is 10.6. The van der Waals surface area contributed by atoms with Crippen molar-refractivity contribution in [1.29, 1.82) is 5.26 Å². The van der Waals surface area contributed by atoms with Crippen molar-refractivity contribution < 1.29 is 23.1 Å². The molecule has 3 saturated carbocycles. The number of aromatic nitrogens is 3. The van der Waals surface area contributed by atoms with Crippen molar-refractivity contribution in [2.45, 2.75) is 37.3 Å². The molecule has 9 nitrogen and oxygen atoms in total. The minimum Gasteiger partial charge on any atom is -0.484 e. The Morgan fingerprint density at radius 1 is 1.24 bits per heavy atom. The van der Waals surface area contributed by atoms with E-state index in [1.807, 2.05) is 6.07 Å². The number of hydrogen-bond donors (Lipinski definition) is 1. The van der Waals surface area contributed by atoms with E-state index in [4.69, 9.17) is 30.8 Å². The van der Waals surface area contributed by atoms with Gasteiger partial charge in [-0.1, -0.05) is 11.6 Å². The predicted molar refractivity (Wildman–Crippen MR) is 115 cm³/mol. The molecule has 1 unspecified atom stereocenters. The largest absolute Gasteiger partial charge is 0.484 e. The molecule has 0 saturated heterocycles. The normalized spacial score (nSPS) is 22.5. The van der Waals surface area contributed by atoms with Crippen LogP contribution in [-0.2, 0) is 16.8 Å². The molecule has 2 heterocycles. The van der Waals surface area contributed by atoms with Crippen LogP contribution >= 0.6 is 11.6 Å². The van der Waals surface area contributed by atoms with E-state index < -0.39 is 5.82 Å². The average molecular weight is 484 g/mol. The van der Waals surface area contributed by atoms with Crippen LogP contribution in [0.2, 0.25) is 5.02 Å². The zero-order chi connectivity index (χ0) is 23.7. The van der Waals surface area contributed by atoms with Crippen molar-refractivity contribution in [1.82, 2.24) is 20.5 Å². The summed E-state index contributed by atoms with van der Waals surface area (Å²) in [5, 5.41) is 20.1. The Morgan fingerprint density at radius 2 is 2.06 bits per heavy atom. The summed E-state index contributed by atoms with van der Waals surface area (Å²) < 4.78 is 30.3. The number of ether oxygens (including phenoxy) is 2. The van der Waals surface area contributed by atoms with Gasteiger partial charge in [-0.3, -0.25) is 4.79 Å². The minimum atomic E-state index is -0.601. The first kappa shape index (κ1) is 22.1. The first-order chi connectivity index (χ1) is 16.4. The number of nitrogens with one attached hydrogen (secondary N) is 1. The molecule has 0 radical (unpaired) electrons. The number of pyridine rings is 1. The highest BCUT2D eigenvalue weighted by molar-refractivity contribution is 6.30. The fourth-order valence-corrected chi connectivity index (χ4v) is 4.70. The van der Waals surface area contributed by atoms with E-state index in [-0.39, 0.29) is 41.3 Å². The van der Waals surface area contributed by atoms with Gasteiger partial charge in [0.1, 0.15) is 29.1 Å². The van der Waals surface area contributed by atoms with Crippen LogP contribution in [0.5, 0.6) is 11.5 Å². The Morgan fingerprint density at radius 3 is 2.79 bits per heavy atom. The Labute approximate surface area is 198 Å². The molecule has 0 aliphatic heterocycles. The summed E-state index contributed by atoms with van der Waals surface area (Å²) in [5.74, 6) is 1.07. The number of carbonyl (C=O) groups excluding carboxylic acids is 1. The van der Waals surface area contributed by atoms with E-state index >= 15 is 0 Å². The van der Waals surface area contributed by atoms with E-state index in [0.29, 0.717) is 35.6 Å². The van der Waals surface area contributed by atoms with E-state index in [2.05, 4.69) is 20.5 Å². The third-order valence-corrected chi connectivity index (χ3v) is 6.53. The molecule has 1 amide bonds. The molecule has 1 N–H and O–H groups in total. The SMILES string of the molecule is N#Cc1ccc(OCc2nnc(C34CC(C3)C(NC(=O)COc3ccc(Cl)c(F)c3)C4)o2)cn1. The number of fused-ring (bicyclic) bond motifs is 1. The average Bonchev–Trinajstić information content (AvgIpc) is 3.52. The maximum Gasteiger partial charge on any atom is 0.258 e. The second-order valence-corrected chi connectivity index (χ2v) is 8.88. The third-order valence-electron chi connectivity index (χ3n) is 6.23. The van der Waals surface area contributed by atoms with Gasteiger partial charge in [-0.2, -0.15) is 5.26 Å². The molecule has 3 aliphatic rings. The third kappa shape index (κ3) is 4.39. The summed E-state index contributed by atoms with van der Waals surface area (Å²) >= 11 is 5.65. The topological polar surface area (TPSA) is 123 Å². The maximum atomic E-state index is 13.5. The van der Waals surface area contributed by atoms with Gasteiger partial charge in [0.15, 0.2) is 13.2 Å². The summed E-state index contributed by atoms with van der Waals surface area (Å²) in [6.07, 6.45) is 3.86. The van der Waals surface area contributed by atoms with Crippen molar-refractivity contribution in [3.05, 3.63) is 64.8 Å². The van der Waals surface area contributed by atoms with Crippen LogP contribution in [0.25, 0.3) is 0 Å². The number of rotatable bonds is 8. The number of halogens is 2. The van der Waals surface area contributed by atoms with Crippen molar-refractivity contribution in [3.63, 3.8) is 0 Å². The number of hydrogen-bond acceptors (Lipinski definition) is 8. The van der Waals surface area contributed by atoms with Crippen LogP contribution in [0.4, 0.5) is 4.39 Å². The highest BCUT2D eigenvalue weighted by atomic mass is 35.5.